The predicted octanol–water partition coefficient (Wildman–Crippen LogP) is 3.61. The Kier molecular flexibility index (Phi) is 8.26. The number of hydrogen-bond donors (Lipinski definition) is 2. The second-order valence-electron chi connectivity index (χ2n) is 8.93. The van der Waals surface area contributed by atoms with Crippen LogP contribution in [0.3, 0.4) is 0 Å². The fourth-order valence-corrected chi connectivity index (χ4v) is 3.71. The third-order valence-corrected chi connectivity index (χ3v) is 4.93. The average Bonchev–Trinajstić information content (AvgIpc) is 2.48. The minimum atomic E-state index is -3.40. The van der Waals surface area contributed by atoms with Crippen LogP contribution in [0.4, 0.5) is 5.69 Å². The molecule has 0 fully saturated rings. The summed E-state index contributed by atoms with van der Waals surface area (Å²) in [5, 5.41) is 9.77. The van der Waals surface area contributed by atoms with Crippen molar-refractivity contribution in [2.45, 2.75) is 60.0 Å². The van der Waals surface area contributed by atoms with E-state index in [-0.39, 0.29) is 12.3 Å². The SMILES string of the molecule is Cc1cc(NS(C)(=O)=O)ccc1CC(C(=O)OC(C)(C)C)[C@@H](CC(C)C)C(=O)O. The fraction of sp³-hybridized carbons (Fsp3) is 0.619. The highest BCUT2D eigenvalue weighted by atomic mass is 32.2. The first-order valence-electron chi connectivity index (χ1n) is 9.62. The summed E-state index contributed by atoms with van der Waals surface area (Å²) < 4.78 is 30.8. The Morgan fingerprint density at radius 3 is 2.17 bits per heavy atom. The van der Waals surface area contributed by atoms with Gasteiger partial charge in [0.1, 0.15) is 5.60 Å². The highest BCUT2D eigenvalue weighted by Crippen LogP contribution is 2.29. The maximum Gasteiger partial charge on any atom is 0.310 e. The molecule has 0 saturated carbocycles. The molecule has 0 bridgehead atoms. The fourth-order valence-electron chi connectivity index (χ4n) is 3.15. The number of hydrogen-bond acceptors (Lipinski definition) is 5. The van der Waals surface area contributed by atoms with Gasteiger partial charge in [0.05, 0.1) is 18.1 Å². The maximum atomic E-state index is 12.9. The standard InChI is InChI=1S/C21H33NO6S/c1-13(2)10-17(19(23)24)18(20(25)28-21(4,5)6)12-15-8-9-16(11-14(15)3)22-29(7,26)27/h8-9,11,13,17-18,22H,10,12H2,1-7H3,(H,23,24)/t17-,18?/m1/s1. The van der Waals surface area contributed by atoms with E-state index in [4.69, 9.17) is 4.74 Å². The molecule has 0 aliphatic rings. The van der Waals surface area contributed by atoms with Crippen molar-refractivity contribution in [1.82, 2.24) is 0 Å². The topological polar surface area (TPSA) is 110 Å². The van der Waals surface area contributed by atoms with E-state index < -0.39 is 39.4 Å². The number of ether oxygens (including phenoxy) is 1. The van der Waals surface area contributed by atoms with Gasteiger partial charge in [0, 0.05) is 5.69 Å². The Bertz CT molecular complexity index is 839. The van der Waals surface area contributed by atoms with E-state index in [1.807, 2.05) is 13.8 Å². The monoisotopic (exact) mass is 427 g/mol. The van der Waals surface area contributed by atoms with Crippen molar-refractivity contribution in [1.29, 1.82) is 0 Å². The van der Waals surface area contributed by atoms with E-state index in [1.165, 1.54) is 0 Å². The van der Waals surface area contributed by atoms with Crippen LogP contribution in [0.5, 0.6) is 0 Å². The highest BCUT2D eigenvalue weighted by molar-refractivity contribution is 7.92. The van der Waals surface area contributed by atoms with Crippen LogP contribution < -0.4 is 4.72 Å². The Morgan fingerprint density at radius 2 is 1.76 bits per heavy atom. The van der Waals surface area contributed by atoms with Gasteiger partial charge in [-0.2, -0.15) is 0 Å². The summed E-state index contributed by atoms with van der Waals surface area (Å²) in [6, 6.07) is 4.99. The highest BCUT2D eigenvalue weighted by Gasteiger charge is 2.37. The van der Waals surface area contributed by atoms with Gasteiger partial charge in [0.2, 0.25) is 10.0 Å². The zero-order chi connectivity index (χ0) is 22.6. The summed E-state index contributed by atoms with van der Waals surface area (Å²) in [5.41, 5.74) is 1.23. The van der Waals surface area contributed by atoms with Gasteiger partial charge in [0.15, 0.2) is 0 Å². The molecule has 0 aliphatic heterocycles. The van der Waals surface area contributed by atoms with E-state index in [2.05, 4.69) is 4.72 Å². The van der Waals surface area contributed by atoms with Gasteiger partial charge in [0.25, 0.3) is 0 Å². The summed E-state index contributed by atoms with van der Waals surface area (Å²) in [4.78, 5) is 24.8. The number of anilines is 1. The van der Waals surface area contributed by atoms with E-state index >= 15 is 0 Å². The van der Waals surface area contributed by atoms with Crippen molar-refractivity contribution in [3.63, 3.8) is 0 Å². The number of esters is 1. The molecule has 1 unspecified atom stereocenters. The lowest BCUT2D eigenvalue weighted by Crippen LogP contribution is -2.37. The molecule has 8 heteroatoms. The molecule has 29 heavy (non-hydrogen) atoms. The van der Waals surface area contributed by atoms with Crippen LogP contribution in [0.2, 0.25) is 0 Å². The van der Waals surface area contributed by atoms with Crippen molar-refractivity contribution in [2.75, 3.05) is 11.0 Å². The van der Waals surface area contributed by atoms with Gasteiger partial charge in [-0.25, -0.2) is 8.42 Å². The van der Waals surface area contributed by atoms with Crippen LogP contribution >= 0.6 is 0 Å². The molecule has 164 valence electrons. The van der Waals surface area contributed by atoms with E-state index in [1.54, 1.807) is 45.9 Å². The third kappa shape index (κ3) is 8.85. The molecular weight excluding hydrogens is 394 g/mol. The Labute approximate surface area is 173 Å². The van der Waals surface area contributed by atoms with Gasteiger partial charge in [-0.05, 0) is 69.7 Å². The number of aliphatic carboxylic acids is 1. The summed E-state index contributed by atoms with van der Waals surface area (Å²) in [7, 11) is -3.40. The molecule has 2 atom stereocenters. The van der Waals surface area contributed by atoms with Crippen molar-refractivity contribution in [3.8, 4) is 0 Å². The molecule has 1 rings (SSSR count). The quantitative estimate of drug-likeness (QED) is 0.583. The molecule has 0 aromatic heterocycles. The van der Waals surface area contributed by atoms with Gasteiger partial charge in [-0.1, -0.05) is 19.9 Å². The Balaban J connectivity index is 3.26. The molecule has 0 saturated heterocycles. The second-order valence-corrected chi connectivity index (χ2v) is 10.7. The number of carbonyl (C=O) groups is 2. The van der Waals surface area contributed by atoms with Crippen LogP contribution in [-0.4, -0.2) is 37.3 Å². The molecule has 1 aromatic rings. The number of carbonyl (C=O) groups excluding carboxylic acids is 1. The molecule has 7 nitrogen and oxygen atoms in total. The normalized spacial score (nSPS) is 14.3. The second kappa shape index (κ2) is 9.61. The molecule has 0 amide bonds. The Morgan fingerprint density at radius 1 is 1.17 bits per heavy atom. The zero-order valence-electron chi connectivity index (χ0n) is 18.3. The van der Waals surface area contributed by atoms with Crippen molar-refractivity contribution >= 4 is 27.6 Å². The smallest absolute Gasteiger partial charge is 0.310 e. The lowest BCUT2D eigenvalue weighted by Gasteiger charge is -2.28. The third-order valence-electron chi connectivity index (χ3n) is 4.32. The van der Waals surface area contributed by atoms with Crippen molar-refractivity contribution < 1.29 is 27.9 Å². The summed E-state index contributed by atoms with van der Waals surface area (Å²) in [6.45, 7) is 10.9. The largest absolute Gasteiger partial charge is 0.481 e. The van der Waals surface area contributed by atoms with E-state index in [0.29, 0.717) is 12.1 Å². The number of sulfonamides is 1. The van der Waals surface area contributed by atoms with Crippen LogP contribution in [0.25, 0.3) is 0 Å². The summed E-state index contributed by atoms with van der Waals surface area (Å²) in [6.07, 6.45) is 1.62. The van der Waals surface area contributed by atoms with Crippen LogP contribution in [-0.2, 0) is 30.8 Å². The number of carboxylic acid groups (broad SMARTS) is 1. The van der Waals surface area contributed by atoms with Gasteiger partial charge in [-0.15, -0.1) is 0 Å². The van der Waals surface area contributed by atoms with E-state index in [0.717, 1.165) is 17.4 Å². The van der Waals surface area contributed by atoms with Crippen LogP contribution in [0.1, 0.15) is 52.2 Å². The molecule has 0 spiro atoms. The Hall–Kier alpha value is -2.09. The molecule has 0 aliphatic carbocycles. The number of aryl methyl sites for hydroxylation is 1. The number of rotatable bonds is 9. The molecule has 1 aromatic carbocycles. The minimum absolute atomic E-state index is 0.100. The van der Waals surface area contributed by atoms with Gasteiger partial charge >= 0.3 is 11.9 Å². The molecule has 0 radical (unpaired) electrons. The van der Waals surface area contributed by atoms with Gasteiger partial charge < -0.3 is 9.84 Å². The van der Waals surface area contributed by atoms with Crippen molar-refractivity contribution in [3.05, 3.63) is 29.3 Å². The van der Waals surface area contributed by atoms with Crippen molar-refractivity contribution in [2.24, 2.45) is 17.8 Å². The predicted molar refractivity (Wildman–Crippen MR) is 113 cm³/mol. The number of nitrogens with one attached hydrogen (secondary N) is 1. The van der Waals surface area contributed by atoms with Crippen LogP contribution in [0.15, 0.2) is 18.2 Å². The first kappa shape index (κ1) is 24.9. The first-order valence-corrected chi connectivity index (χ1v) is 11.5. The average molecular weight is 428 g/mol. The zero-order valence-corrected chi connectivity index (χ0v) is 19.1. The lowest BCUT2D eigenvalue weighted by atomic mass is 9.81. The van der Waals surface area contributed by atoms with E-state index in [9.17, 15) is 23.1 Å². The summed E-state index contributed by atoms with van der Waals surface area (Å²) >= 11 is 0. The minimum Gasteiger partial charge on any atom is -0.481 e. The maximum absolute atomic E-state index is 12.9. The molecular formula is C21H33NO6S. The number of benzene rings is 1. The lowest BCUT2D eigenvalue weighted by molar-refractivity contribution is -0.167. The molecule has 0 heterocycles. The number of carboxylic acids is 1. The molecule has 2 N–H and O–H groups in total. The first-order chi connectivity index (χ1) is 13.1. The van der Waals surface area contributed by atoms with Gasteiger partial charge in [-0.3, -0.25) is 14.3 Å². The van der Waals surface area contributed by atoms with Crippen LogP contribution in [0, 0.1) is 24.7 Å². The summed E-state index contributed by atoms with van der Waals surface area (Å²) in [5.74, 6) is -3.19.